The van der Waals surface area contributed by atoms with Crippen LogP contribution in [-0.2, 0) is 33.2 Å². The van der Waals surface area contributed by atoms with Crippen LogP contribution in [0.15, 0.2) is 12.2 Å². The molecule has 18 heteroatoms. The molecule has 4 aliphatic carbocycles. The van der Waals surface area contributed by atoms with Crippen LogP contribution in [0.25, 0.3) is 0 Å². The van der Waals surface area contributed by atoms with Crippen LogP contribution in [0.5, 0.6) is 0 Å². The van der Waals surface area contributed by atoms with Gasteiger partial charge >= 0.3 is 5.97 Å². The molecule has 3 saturated heterocycles. The van der Waals surface area contributed by atoms with Crippen molar-refractivity contribution in [3.63, 3.8) is 0 Å². The highest BCUT2D eigenvalue weighted by atomic mass is 16.8. The maximum Gasteiger partial charge on any atom is 0.314 e. The van der Waals surface area contributed by atoms with Gasteiger partial charge in [-0.15, -0.1) is 0 Å². The maximum atomic E-state index is 14.1. The van der Waals surface area contributed by atoms with E-state index < -0.39 is 129 Å². The lowest BCUT2D eigenvalue weighted by molar-refractivity contribution is -0.378. The first-order valence-electron chi connectivity index (χ1n) is 19.9. The van der Waals surface area contributed by atoms with Crippen molar-refractivity contribution < 1.29 is 89.4 Å². The third-order valence-electron chi connectivity index (χ3n) is 15.0. The fourth-order valence-corrected chi connectivity index (χ4v) is 12.0. The largest absolute Gasteiger partial charge is 0.432 e. The fourth-order valence-electron chi connectivity index (χ4n) is 12.0. The molecule has 2 bridgehead atoms. The zero-order chi connectivity index (χ0) is 40.7. The van der Waals surface area contributed by atoms with Gasteiger partial charge in [0, 0.05) is 0 Å². The van der Waals surface area contributed by atoms with Gasteiger partial charge in [0.2, 0.25) is 6.29 Å². The maximum absolute atomic E-state index is 14.1. The predicted molar refractivity (Wildman–Crippen MR) is 186 cm³/mol. The minimum absolute atomic E-state index is 0.121. The average Bonchev–Trinajstić information content (AvgIpc) is 3.37. The summed E-state index contributed by atoms with van der Waals surface area (Å²) in [5.74, 6) is -0.591. The average molecular weight is 805 g/mol. The highest BCUT2D eigenvalue weighted by molar-refractivity contribution is 5.77. The number of aliphatic hydroxyl groups excluding tert-OH is 11. The van der Waals surface area contributed by atoms with Crippen molar-refractivity contribution in [2.24, 2.45) is 28.1 Å². The van der Waals surface area contributed by atoms with Crippen molar-refractivity contribution in [1.82, 2.24) is 0 Å². The fraction of sp³-hybridized carbons (Fsp3) is 0.921. The number of fused-ring (bicyclic) bond motifs is 3. The zero-order valence-corrected chi connectivity index (χ0v) is 31.8. The Morgan fingerprint density at radius 1 is 0.679 bits per heavy atom. The summed E-state index contributed by atoms with van der Waals surface area (Å²) in [6, 6.07) is 0. The second kappa shape index (κ2) is 15.6. The Labute approximate surface area is 324 Å². The number of carbonyl (C=O) groups excluding carboxylic acids is 1. The van der Waals surface area contributed by atoms with Gasteiger partial charge in [-0.1, -0.05) is 19.9 Å². The highest BCUT2D eigenvalue weighted by Gasteiger charge is 2.69. The Bertz CT molecular complexity index is 1450. The molecule has 7 rings (SSSR count). The van der Waals surface area contributed by atoms with E-state index >= 15 is 0 Å². The van der Waals surface area contributed by atoms with Gasteiger partial charge in [-0.3, -0.25) is 4.79 Å². The van der Waals surface area contributed by atoms with Gasteiger partial charge in [-0.05, 0) is 86.5 Å². The van der Waals surface area contributed by atoms with Crippen molar-refractivity contribution in [1.29, 1.82) is 0 Å². The SMILES string of the molecule is C=C1C[C@@]23CCC4[C@@](C)(CCC[C@@]4(C)C(=O)O[C@@H]4O[C@@H](CO)[C@@H](O)[C@H](O)[C@@H]4O)C2CC[C@]1(O[C@@H]1O[C@@H](CO)[C@@H](O)[C@H](O)[C@@H]1O[C@@H]1O[C@@H](CO)[C@@H](O)[C@H](O)[C@@H]1O)C3. The summed E-state index contributed by atoms with van der Waals surface area (Å²) in [5.41, 5.74) is -1.80. The molecule has 4 saturated carbocycles. The van der Waals surface area contributed by atoms with Crippen LogP contribution >= 0.6 is 0 Å². The number of hydrogen-bond acceptors (Lipinski definition) is 18. The van der Waals surface area contributed by atoms with E-state index in [0.717, 1.165) is 18.4 Å². The molecule has 0 amide bonds. The molecular weight excluding hydrogens is 744 g/mol. The number of hydrogen-bond donors (Lipinski definition) is 11. The molecule has 0 aromatic carbocycles. The number of aliphatic hydroxyl groups is 11. The summed E-state index contributed by atoms with van der Waals surface area (Å²) in [6.45, 7) is 6.52. The second-order valence-electron chi connectivity index (χ2n) is 18.0. The smallest absolute Gasteiger partial charge is 0.314 e. The molecule has 0 aromatic rings. The van der Waals surface area contributed by atoms with E-state index in [2.05, 4.69) is 13.5 Å². The monoisotopic (exact) mass is 804 g/mol. The van der Waals surface area contributed by atoms with E-state index in [4.69, 9.17) is 28.4 Å². The van der Waals surface area contributed by atoms with Gasteiger partial charge in [-0.25, -0.2) is 0 Å². The lowest BCUT2D eigenvalue weighted by atomic mass is 9.41. The van der Waals surface area contributed by atoms with Crippen LogP contribution < -0.4 is 0 Å². The summed E-state index contributed by atoms with van der Waals surface area (Å²) < 4.78 is 35.6. The minimum Gasteiger partial charge on any atom is -0.432 e. The second-order valence-corrected chi connectivity index (χ2v) is 18.0. The molecular formula is C38H60O18. The molecule has 56 heavy (non-hydrogen) atoms. The number of carbonyl (C=O) groups is 1. The summed E-state index contributed by atoms with van der Waals surface area (Å²) in [6.07, 6.45) is -17.8. The minimum atomic E-state index is -1.81. The van der Waals surface area contributed by atoms with E-state index in [-0.39, 0.29) is 22.7 Å². The van der Waals surface area contributed by atoms with E-state index in [1.165, 1.54) is 0 Å². The lowest BCUT2D eigenvalue weighted by Gasteiger charge is -2.64. The van der Waals surface area contributed by atoms with Gasteiger partial charge in [0.25, 0.3) is 0 Å². The molecule has 7 fully saturated rings. The lowest BCUT2D eigenvalue weighted by Crippen LogP contribution is -2.65. The summed E-state index contributed by atoms with van der Waals surface area (Å²) in [4.78, 5) is 14.1. The summed E-state index contributed by atoms with van der Waals surface area (Å²) in [7, 11) is 0. The van der Waals surface area contributed by atoms with Crippen molar-refractivity contribution in [2.45, 2.75) is 169 Å². The highest BCUT2D eigenvalue weighted by Crippen LogP contribution is 2.73. The van der Waals surface area contributed by atoms with Crippen molar-refractivity contribution >= 4 is 5.97 Å². The van der Waals surface area contributed by atoms with E-state index in [9.17, 15) is 61.0 Å². The third-order valence-corrected chi connectivity index (χ3v) is 15.0. The van der Waals surface area contributed by atoms with Gasteiger partial charge in [-0.2, -0.15) is 0 Å². The van der Waals surface area contributed by atoms with Gasteiger partial charge < -0.3 is 84.6 Å². The Balaban J connectivity index is 1.10. The van der Waals surface area contributed by atoms with E-state index in [0.29, 0.717) is 44.9 Å². The Kier molecular flexibility index (Phi) is 11.9. The molecule has 3 aliphatic heterocycles. The summed E-state index contributed by atoms with van der Waals surface area (Å²) in [5, 5.41) is 114. The molecule has 21 atom stereocenters. The normalized spacial score (nSPS) is 54.6. The molecule has 2 unspecified atom stereocenters. The van der Waals surface area contributed by atoms with Gasteiger partial charge in [0.05, 0.1) is 30.8 Å². The quantitative estimate of drug-likeness (QED) is 0.0631. The third kappa shape index (κ3) is 6.69. The molecule has 0 radical (unpaired) electrons. The van der Waals surface area contributed by atoms with E-state index in [1.54, 1.807) is 0 Å². The van der Waals surface area contributed by atoms with Crippen LogP contribution in [0.3, 0.4) is 0 Å². The molecule has 320 valence electrons. The van der Waals surface area contributed by atoms with Crippen LogP contribution in [0, 0.1) is 28.1 Å². The zero-order valence-electron chi connectivity index (χ0n) is 31.8. The first-order chi connectivity index (χ1) is 26.4. The molecule has 18 nitrogen and oxygen atoms in total. The molecule has 1 spiro atoms. The van der Waals surface area contributed by atoms with Crippen molar-refractivity contribution in [2.75, 3.05) is 19.8 Å². The topological polar surface area (TPSA) is 295 Å². The Hall–Kier alpha value is -1.43. The van der Waals surface area contributed by atoms with Crippen LogP contribution in [0.4, 0.5) is 0 Å². The van der Waals surface area contributed by atoms with Crippen molar-refractivity contribution in [3.05, 3.63) is 12.2 Å². The summed E-state index contributed by atoms with van der Waals surface area (Å²) >= 11 is 0. The van der Waals surface area contributed by atoms with Gasteiger partial charge in [0.1, 0.15) is 73.2 Å². The Morgan fingerprint density at radius 2 is 1.21 bits per heavy atom. The number of rotatable bonds is 9. The van der Waals surface area contributed by atoms with Crippen molar-refractivity contribution in [3.8, 4) is 0 Å². The molecule has 3 heterocycles. The van der Waals surface area contributed by atoms with Gasteiger partial charge in [0.15, 0.2) is 12.6 Å². The number of ether oxygens (including phenoxy) is 6. The van der Waals surface area contributed by atoms with Crippen LogP contribution in [0.1, 0.15) is 71.6 Å². The molecule has 0 aromatic heterocycles. The first kappa shape index (κ1) is 42.7. The molecule has 11 N–H and O–H groups in total. The first-order valence-corrected chi connectivity index (χ1v) is 19.9. The van der Waals surface area contributed by atoms with Crippen LogP contribution in [0.2, 0.25) is 0 Å². The number of esters is 1. The Morgan fingerprint density at radius 3 is 1.82 bits per heavy atom. The predicted octanol–water partition coefficient (Wildman–Crippen LogP) is -2.94. The standard InChI is InChI=1S/C38H60O18/c1-16-11-37-9-5-20-35(2,7-4-8-36(20,3)34(50)55-32-29(49)26(46)23(43)18(13-40)52-32)21(37)6-10-38(16,15-37)56-33-30(27(47)24(44)19(14-41)53-33)54-31-28(48)25(45)22(42)17(12-39)51-31/h17-33,39-49H,1,4-15H2,2-3H3/t17-,18-,19-,20?,21?,22+,23+,24+,25-,26-,27-,28-,29-,30-,31-,32-,33-,35+,36+,37+,38-/m0/s1. The van der Waals surface area contributed by atoms with E-state index in [1.807, 2.05) is 6.92 Å². The molecule has 7 aliphatic rings. The van der Waals surface area contributed by atoms with Crippen LogP contribution in [-0.4, -0.2) is 180 Å².